The maximum atomic E-state index is 13.1. The number of benzene rings is 2. The van der Waals surface area contributed by atoms with Crippen LogP contribution in [0.2, 0.25) is 0 Å². The fourth-order valence-electron chi connectivity index (χ4n) is 3.21. The molecule has 130 valence electrons. The smallest absolute Gasteiger partial charge is 0.262 e. The molecule has 0 unspecified atom stereocenters. The molecule has 0 bridgehead atoms. The summed E-state index contributed by atoms with van der Waals surface area (Å²) in [5.41, 5.74) is 4.23. The van der Waals surface area contributed by atoms with Gasteiger partial charge < -0.3 is 10.1 Å². The van der Waals surface area contributed by atoms with Gasteiger partial charge in [-0.2, -0.15) is 0 Å². The first-order valence-electron chi connectivity index (χ1n) is 8.44. The van der Waals surface area contributed by atoms with Crippen molar-refractivity contribution in [1.82, 2.24) is 4.98 Å². The highest BCUT2D eigenvalue weighted by Gasteiger charge is 2.39. The highest BCUT2D eigenvalue weighted by molar-refractivity contribution is 6.11. The van der Waals surface area contributed by atoms with Gasteiger partial charge in [-0.15, -0.1) is 0 Å². The van der Waals surface area contributed by atoms with E-state index < -0.39 is 0 Å². The Morgan fingerprint density at radius 2 is 1.81 bits per heavy atom. The summed E-state index contributed by atoms with van der Waals surface area (Å²) in [4.78, 5) is 19.3. The van der Waals surface area contributed by atoms with Crippen LogP contribution in [-0.2, 0) is 0 Å². The van der Waals surface area contributed by atoms with Crippen LogP contribution >= 0.6 is 0 Å². The second-order valence-electron chi connectivity index (χ2n) is 6.17. The Hall–Kier alpha value is -3.34. The number of carbonyl (C=O) groups is 1. The molecule has 26 heavy (non-hydrogen) atoms. The van der Waals surface area contributed by atoms with Crippen molar-refractivity contribution >= 4 is 17.3 Å². The highest BCUT2D eigenvalue weighted by atomic mass is 16.5. The van der Waals surface area contributed by atoms with Gasteiger partial charge in [-0.3, -0.25) is 14.7 Å². The van der Waals surface area contributed by atoms with Gasteiger partial charge in [0.05, 0.1) is 18.4 Å². The van der Waals surface area contributed by atoms with Gasteiger partial charge in [-0.1, -0.05) is 18.2 Å². The van der Waals surface area contributed by atoms with Crippen LogP contribution in [0.5, 0.6) is 5.75 Å². The number of aromatic nitrogens is 1. The number of rotatable bonds is 4. The first-order valence-corrected chi connectivity index (χ1v) is 8.44. The van der Waals surface area contributed by atoms with Crippen molar-refractivity contribution in [3.05, 3.63) is 83.7 Å². The van der Waals surface area contributed by atoms with Gasteiger partial charge in [0.15, 0.2) is 6.17 Å². The van der Waals surface area contributed by atoms with Gasteiger partial charge >= 0.3 is 0 Å². The lowest BCUT2D eigenvalue weighted by molar-refractivity contribution is 0.0993. The van der Waals surface area contributed by atoms with E-state index >= 15 is 0 Å². The van der Waals surface area contributed by atoms with Gasteiger partial charge in [0.1, 0.15) is 5.75 Å². The molecule has 1 aliphatic heterocycles. The van der Waals surface area contributed by atoms with Crippen LogP contribution in [0.25, 0.3) is 0 Å². The molecule has 1 aromatic heterocycles. The van der Waals surface area contributed by atoms with Crippen LogP contribution in [0.15, 0.2) is 66.9 Å². The number of fused-ring (bicyclic) bond motifs is 1. The van der Waals surface area contributed by atoms with Crippen LogP contribution in [0.4, 0.5) is 11.4 Å². The number of nitrogens with zero attached hydrogens (tertiary/aromatic N) is 2. The third-order valence-electron chi connectivity index (χ3n) is 4.59. The monoisotopic (exact) mass is 345 g/mol. The molecule has 0 aliphatic carbocycles. The van der Waals surface area contributed by atoms with Crippen LogP contribution in [0.1, 0.15) is 27.8 Å². The number of methoxy groups -OCH3 is 1. The molecule has 2 aromatic carbocycles. The lowest BCUT2D eigenvalue weighted by Gasteiger charge is -2.27. The maximum Gasteiger partial charge on any atom is 0.262 e. The molecule has 5 heteroatoms. The maximum absolute atomic E-state index is 13.1. The molecular weight excluding hydrogens is 326 g/mol. The quantitative estimate of drug-likeness (QED) is 0.771. The molecule has 1 N–H and O–H groups in total. The first kappa shape index (κ1) is 16.1. The number of carbonyl (C=O) groups excluding carboxylic acids is 1. The van der Waals surface area contributed by atoms with E-state index in [1.165, 1.54) is 0 Å². The summed E-state index contributed by atoms with van der Waals surface area (Å²) in [7, 11) is 1.62. The second-order valence-corrected chi connectivity index (χ2v) is 6.17. The van der Waals surface area contributed by atoms with E-state index in [-0.39, 0.29) is 12.1 Å². The number of hydrogen-bond acceptors (Lipinski definition) is 4. The van der Waals surface area contributed by atoms with E-state index in [1.54, 1.807) is 24.3 Å². The highest BCUT2D eigenvalue weighted by Crippen LogP contribution is 2.37. The van der Waals surface area contributed by atoms with Gasteiger partial charge in [0, 0.05) is 17.6 Å². The molecule has 4 rings (SSSR count). The summed E-state index contributed by atoms with van der Waals surface area (Å²) >= 11 is 0. The summed E-state index contributed by atoms with van der Waals surface area (Å²) in [5, 5.41) is 3.48. The Morgan fingerprint density at radius 1 is 1.04 bits per heavy atom. The third-order valence-corrected chi connectivity index (χ3v) is 4.59. The van der Waals surface area contributed by atoms with Crippen LogP contribution < -0.4 is 15.0 Å². The molecule has 0 spiro atoms. The lowest BCUT2D eigenvalue weighted by atomic mass is 10.1. The van der Waals surface area contributed by atoms with Crippen LogP contribution in [-0.4, -0.2) is 18.0 Å². The zero-order valence-corrected chi connectivity index (χ0v) is 14.6. The van der Waals surface area contributed by atoms with Crippen molar-refractivity contribution in [3.8, 4) is 5.75 Å². The van der Waals surface area contributed by atoms with Gasteiger partial charge in [0.2, 0.25) is 0 Å². The zero-order chi connectivity index (χ0) is 18.1. The van der Waals surface area contributed by atoms with Crippen molar-refractivity contribution in [2.45, 2.75) is 13.1 Å². The first-order chi connectivity index (χ1) is 12.7. The Kier molecular flexibility index (Phi) is 4.05. The minimum Gasteiger partial charge on any atom is -0.497 e. The van der Waals surface area contributed by atoms with E-state index in [1.807, 2.05) is 61.5 Å². The van der Waals surface area contributed by atoms with Crippen molar-refractivity contribution < 1.29 is 9.53 Å². The Labute approximate surface area is 152 Å². The topological polar surface area (TPSA) is 54.5 Å². The molecule has 1 aliphatic rings. The largest absolute Gasteiger partial charge is 0.497 e. The van der Waals surface area contributed by atoms with Crippen LogP contribution in [0.3, 0.4) is 0 Å². The van der Waals surface area contributed by atoms with Crippen molar-refractivity contribution in [1.29, 1.82) is 0 Å². The minimum absolute atomic E-state index is 0.0654. The fourth-order valence-corrected chi connectivity index (χ4v) is 3.21. The number of anilines is 2. The second kappa shape index (κ2) is 6.52. The Morgan fingerprint density at radius 3 is 2.54 bits per heavy atom. The number of aryl methyl sites for hydroxylation is 1. The van der Waals surface area contributed by atoms with Gasteiger partial charge in [-0.25, -0.2) is 0 Å². The molecule has 0 radical (unpaired) electrons. The van der Waals surface area contributed by atoms with E-state index in [4.69, 9.17) is 4.74 Å². The average molecular weight is 345 g/mol. The summed E-state index contributed by atoms with van der Waals surface area (Å²) in [6.45, 7) is 2.04. The van der Waals surface area contributed by atoms with E-state index in [0.29, 0.717) is 5.56 Å². The van der Waals surface area contributed by atoms with Crippen molar-refractivity contribution in [3.63, 3.8) is 0 Å². The lowest BCUT2D eigenvalue weighted by Crippen LogP contribution is -2.32. The fraction of sp³-hybridized carbons (Fsp3) is 0.143. The van der Waals surface area contributed by atoms with Gasteiger partial charge in [0.25, 0.3) is 5.91 Å². The van der Waals surface area contributed by atoms with Crippen LogP contribution in [0, 0.1) is 6.92 Å². The predicted molar refractivity (Wildman–Crippen MR) is 102 cm³/mol. The Bertz CT molecular complexity index is 953. The zero-order valence-electron chi connectivity index (χ0n) is 14.6. The van der Waals surface area contributed by atoms with E-state index in [2.05, 4.69) is 10.3 Å². The molecule has 2 heterocycles. The summed E-state index contributed by atoms with van der Waals surface area (Å²) in [5.74, 6) is 0.684. The van der Waals surface area contributed by atoms with Gasteiger partial charge in [-0.05, 0) is 55.0 Å². The predicted octanol–water partition coefficient (Wildman–Crippen LogP) is 4.17. The Balaban J connectivity index is 1.78. The number of nitrogens with one attached hydrogen (secondary N) is 1. The summed E-state index contributed by atoms with van der Waals surface area (Å²) < 4.78 is 5.23. The average Bonchev–Trinajstić information content (AvgIpc) is 2.96. The van der Waals surface area contributed by atoms with Crippen molar-refractivity contribution in [2.24, 2.45) is 0 Å². The molecule has 1 atom stereocenters. The summed E-state index contributed by atoms with van der Waals surface area (Å²) in [6, 6.07) is 19.1. The molecular formula is C21H19N3O2. The molecule has 5 nitrogen and oxygen atoms in total. The molecule has 0 saturated carbocycles. The molecule has 1 amide bonds. The standard InChI is InChI=1S/C21H19N3O2/c1-14-6-3-4-8-18(14)23-20-19-17(7-5-13-22-19)21(25)24(20)15-9-11-16(26-2)12-10-15/h3-13,20,23H,1-2H3/t20-/m0/s1. The van der Waals surface area contributed by atoms with E-state index in [9.17, 15) is 4.79 Å². The number of para-hydroxylation sites is 1. The molecule has 0 fully saturated rings. The third kappa shape index (κ3) is 2.67. The SMILES string of the molecule is COc1ccc(N2C(=O)c3cccnc3[C@H]2Nc2ccccc2C)cc1. The molecule has 0 saturated heterocycles. The number of hydrogen-bond donors (Lipinski definition) is 1. The molecule has 3 aromatic rings. The number of ether oxygens (including phenoxy) is 1. The number of pyridine rings is 1. The normalized spacial score (nSPS) is 15.7. The minimum atomic E-state index is -0.367. The van der Waals surface area contributed by atoms with Crippen molar-refractivity contribution in [2.75, 3.05) is 17.3 Å². The van der Waals surface area contributed by atoms with E-state index in [0.717, 1.165) is 28.4 Å². The number of amides is 1. The summed E-state index contributed by atoms with van der Waals surface area (Å²) in [6.07, 6.45) is 1.35.